The van der Waals surface area contributed by atoms with E-state index in [0.717, 1.165) is 31.1 Å². The average molecular weight is 323 g/mol. The Hall–Kier alpha value is -0.663. The molecule has 0 bridgehead atoms. The molecular weight excluding hydrogens is 297 g/mol. The lowest BCUT2D eigenvalue weighted by molar-refractivity contribution is 0.0826. The van der Waals surface area contributed by atoms with Gasteiger partial charge < -0.3 is 4.74 Å². The SMILES string of the molecule is C#Cc1cnc([C@@H]2CCCN2P)n1COCC[Si](C)(C)C. The van der Waals surface area contributed by atoms with Crippen LogP contribution in [-0.4, -0.2) is 35.4 Å². The molecule has 0 saturated carbocycles. The van der Waals surface area contributed by atoms with E-state index in [1.165, 1.54) is 12.5 Å². The first kappa shape index (κ1) is 16.7. The Balaban J connectivity index is 2.03. The van der Waals surface area contributed by atoms with E-state index >= 15 is 0 Å². The summed E-state index contributed by atoms with van der Waals surface area (Å²) in [6.45, 7) is 9.47. The molecule has 1 aliphatic heterocycles. The predicted molar refractivity (Wildman–Crippen MR) is 92.7 cm³/mol. The maximum absolute atomic E-state index is 5.87. The van der Waals surface area contributed by atoms with Crippen molar-refractivity contribution < 1.29 is 4.74 Å². The highest BCUT2D eigenvalue weighted by atomic mass is 31.0. The van der Waals surface area contributed by atoms with Crippen molar-refractivity contribution in [3.05, 3.63) is 17.7 Å². The molecule has 1 fully saturated rings. The van der Waals surface area contributed by atoms with Crippen LogP contribution in [0, 0.1) is 12.3 Å². The molecule has 1 aromatic heterocycles. The molecule has 1 aromatic rings. The Kier molecular flexibility index (Phi) is 5.62. The quantitative estimate of drug-likeness (QED) is 0.349. The normalized spacial score (nSPS) is 19.9. The zero-order valence-corrected chi connectivity index (χ0v) is 15.5. The van der Waals surface area contributed by atoms with E-state index in [1.54, 1.807) is 6.20 Å². The highest BCUT2D eigenvalue weighted by Gasteiger charge is 2.27. The van der Waals surface area contributed by atoms with E-state index in [1.807, 2.05) is 0 Å². The third kappa shape index (κ3) is 4.40. The fraction of sp³-hybridized carbons (Fsp3) is 0.667. The second-order valence-corrected chi connectivity index (χ2v) is 13.1. The maximum Gasteiger partial charge on any atom is 0.129 e. The molecule has 0 spiro atoms. The van der Waals surface area contributed by atoms with Crippen LogP contribution < -0.4 is 0 Å². The van der Waals surface area contributed by atoms with Gasteiger partial charge in [0.05, 0.1) is 12.2 Å². The molecule has 4 nitrogen and oxygen atoms in total. The van der Waals surface area contributed by atoms with Crippen molar-refractivity contribution in [3.63, 3.8) is 0 Å². The van der Waals surface area contributed by atoms with Gasteiger partial charge in [-0.3, -0.25) is 9.24 Å². The average Bonchev–Trinajstić information content (AvgIpc) is 2.99. The highest BCUT2D eigenvalue weighted by molar-refractivity contribution is 7.13. The van der Waals surface area contributed by atoms with Crippen LogP contribution in [0.1, 0.15) is 30.4 Å². The highest BCUT2D eigenvalue weighted by Crippen LogP contribution is 2.34. The van der Waals surface area contributed by atoms with Crippen molar-refractivity contribution in [1.29, 1.82) is 0 Å². The number of rotatable bonds is 6. The molecule has 2 heterocycles. The lowest BCUT2D eigenvalue weighted by atomic mass is 10.2. The van der Waals surface area contributed by atoms with Crippen molar-refractivity contribution in [3.8, 4) is 12.3 Å². The van der Waals surface area contributed by atoms with E-state index in [0.29, 0.717) is 12.8 Å². The van der Waals surface area contributed by atoms with Crippen molar-refractivity contribution in [2.75, 3.05) is 13.2 Å². The molecule has 0 amide bonds. The zero-order valence-electron chi connectivity index (χ0n) is 13.3. The third-order valence-corrected chi connectivity index (χ3v) is 6.17. The lowest BCUT2D eigenvalue weighted by Gasteiger charge is -2.21. The van der Waals surface area contributed by atoms with Gasteiger partial charge in [-0.15, -0.1) is 6.42 Å². The largest absolute Gasteiger partial charge is 0.361 e. The van der Waals surface area contributed by atoms with Crippen molar-refractivity contribution in [2.24, 2.45) is 0 Å². The summed E-state index contributed by atoms with van der Waals surface area (Å²) < 4.78 is 10.2. The molecular formula is C15H26N3OPSi. The van der Waals surface area contributed by atoms with Gasteiger partial charge in [0.25, 0.3) is 0 Å². The molecule has 1 unspecified atom stereocenters. The number of ether oxygens (including phenoxy) is 1. The fourth-order valence-electron chi connectivity index (χ4n) is 2.51. The molecule has 1 saturated heterocycles. The number of hydrogen-bond acceptors (Lipinski definition) is 3. The van der Waals surface area contributed by atoms with Gasteiger partial charge in [0.15, 0.2) is 0 Å². The summed E-state index contributed by atoms with van der Waals surface area (Å²) in [5, 5.41) is 0. The van der Waals surface area contributed by atoms with E-state index in [-0.39, 0.29) is 0 Å². The fourth-order valence-corrected chi connectivity index (χ4v) is 3.73. The Morgan fingerprint density at radius 1 is 1.52 bits per heavy atom. The molecule has 116 valence electrons. The Bertz CT molecular complexity index is 518. The van der Waals surface area contributed by atoms with Crippen LogP contribution in [0.5, 0.6) is 0 Å². The predicted octanol–water partition coefficient (Wildman–Crippen LogP) is 3.10. The topological polar surface area (TPSA) is 30.3 Å². The van der Waals surface area contributed by atoms with Crippen molar-refractivity contribution >= 4 is 17.5 Å². The van der Waals surface area contributed by atoms with E-state index in [2.05, 4.69) is 49.2 Å². The minimum Gasteiger partial charge on any atom is -0.361 e. The number of aromatic nitrogens is 2. The number of hydrogen-bond donors (Lipinski definition) is 0. The summed E-state index contributed by atoms with van der Waals surface area (Å²) in [5.41, 5.74) is 0.809. The van der Waals surface area contributed by atoms with Crippen LogP contribution in [0.2, 0.25) is 25.7 Å². The van der Waals surface area contributed by atoms with Gasteiger partial charge in [0, 0.05) is 21.2 Å². The number of imidazole rings is 1. The van der Waals surface area contributed by atoms with Gasteiger partial charge in [-0.25, -0.2) is 4.98 Å². The van der Waals surface area contributed by atoms with Crippen LogP contribution >= 0.6 is 9.39 Å². The minimum absolute atomic E-state index is 0.331. The molecule has 0 aliphatic carbocycles. The first-order valence-corrected chi connectivity index (χ1v) is 11.8. The molecule has 0 radical (unpaired) electrons. The molecule has 0 aromatic carbocycles. The first-order chi connectivity index (χ1) is 9.92. The molecule has 2 rings (SSSR count). The van der Waals surface area contributed by atoms with E-state index in [9.17, 15) is 0 Å². The summed E-state index contributed by atoms with van der Waals surface area (Å²) in [4.78, 5) is 4.54. The van der Waals surface area contributed by atoms with Crippen LogP contribution in [0.25, 0.3) is 0 Å². The Morgan fingerprint density at radius 3 is 2.86 bits per heavy atom. The second kappa shape index (κ2) is 7.06. The lowest BCUT2D eigenvalue weighted by Crippen LogP contribution is -2.23. The minimum atomic E-state index is -1.05. The second-order valence-electron chi connectivity index (χ2n) is 6.82. The van der Waals surface area contributed by atoms with E-state index in [4.69, 9.17) is 11.2 Å². The third-order valence-electron chi connectivity index (χ3n) is 3.84. The van der Waals surface area contributed by atoms with Gasteiger partial charge >= 0.3 is 0 Å². The molecule has 2 atom stereocenters. The van der Waals surface area contributed by atoms with Gasteiger partial charge in [0.1, 0.15) is 18.2 Å². The van der Waals surface area contributed by atoms with Gasteiger partial charge in [-0.05, 0) is 18.9 Å². The summed E-state index contributed by atoms with van der Waals surface area (Å²) in [6.07, 6.45) is 9.70. The van der Waals surface area contributed by atoms with E-state index < -0.39 is 8.07 Å². The first-order valence-electron chi connectivity index (χ1n) is 7.53. The molecule has 6 heteroatoms. The van der Waals surface area contributed by atoms with Crippen molar-refractivity contribution in [2.45, 2.75) is 51.3 Å². The molecule has 0 N–H and O–H groups in total. The van der Waals surface area contributed by atoms with Crippen molar-refractivity contribution in [1.82, 2.24) is 14.2 Å². The summed E-state index contributed by atoms with van der Waals surface area (Å²) >= 11 is 0. The Labute approximate surface area is 131 Å². The van der Waals surface area contributed by atoms with Gasteiger partial charge in [0.2, 0.25) is 0 Å². The standard InChI is InChI=1S/C15H26N3OPSi/c1-5-13-11-16-15(14-7-6-8-18(14)20)17(13)12-19-9-10-21(2,3)4/h1,11,14H,6-10,12,20H2,2-4H3/t14-/m0/s1. The van der Waals surface area contributed by atoms with Crippen LogP contribution in [-0.2, 0) is 11.5 Å². The summed E-state index contributed by atoms with van der Waals surface area (Å²) in [5.74, 6) is 3.75. The Morgan fingerprint density at radius 2 is 2.29 bits per heavy atom. The summed E-state index contributed by atoms with van der Waals surface area (Å²) in [6, 6.07) is 1.50. The molecule has 21 heavy (non-hydrogen) atoms. The van der Waals surface area contributed by atoms with Crippen LogP contribution in [0.3, 0.4) is 0 Å². The molecule has 1 aliphatic rings. The summed E-state index contributed by atoms with van der Waals surface area (Å²) in [7, 11) is 1.75. The van der Waals surface area contributed by atoms with Crippen LogP contribution in [0.15, 0.2) is 6.20 Å². The smallest absolute Gasteiger partial charge is 0.129 e. The van der Waals surface area contributed by atoms with Gasteiger partial charge in [-0.2, -0.15) is 0 Å². The number of terminal acetylenes is 1. The zero-order chi connectivity index (χ0) is 15.5. The monoisotopic (exact) mass is 323 g/mol. The van der Waals surface area contributed by atoms with Gasteiger partial charge in [-0.1, -0.05) is 35.0 Å². The number of nitrogens with zero attached hydrogens (tertiary/aromatic N) is 3. The maximum atomic E-state index is 5.87. The van der Waals surface area contributed by atoms with Crippen LogP contribution in [0.4, 0.5) is 0 Å².